The minimum absolute atomic E-state index is 0.265. The highest BCUT2D eigenvalue weighted by Gasteiger charge is 2.07. The third kappa shape index (κ3) is 2.10. The van der Waals surface area contributed by atoms with Crippen LogP contribution in [0.4, 0.5) is 0 Å². The molecular weight excluding hydrogens is 182 g/mol. The van der Waals surface area contributed by atoms with Crippen molar-refractivity contribution in [1.82, 2.24) is 5.16 Å². The Hall–Kier alpha value is -1.84. The SMILES string of the molecule is CC.O=Cc1cc(-c2ccco2)on1. The number of hydrogen-bond acceptors (Lipinski definition) is 4. The highest BCUT2D eigenvalue weighted by molar-refractivity contribution is 5.73. The van der Waals surface area contributed by atoms with Gasteiger partial charge in [0.2, 0.25) is 5.76 Å². The van der Waals surface area contributed by atoms with Gasteiger partial charge in [-0.25, -0.2) is 0 Å². The van der Waals surface area contributed by atoms with Crippen molar-refractivity contribution in [3.05, 3.63) is 30.2 Å². The van der Waals surface area contributed by atoms with Crippen LogP contribution in [0.5, 0.6) is 0 Å². The summed E-state index contributed by atoms with van der Waals surface area (Å²) in [5.74, 6) is 1.03. The van der Waals surface area contributed by atoms with Gasteiger partial charge in [0.15, 0.2) is 12.0 Å². The zero-order valence-electron chi connectivity index (χ0n) is 8.06. The normalized spacial score (nSPS) is 9.00. The molecule has 0 amide bonds. The van der Waals surface area contributed by atoms with Gasteiger partial charge in [0.05, 0.1) is 6.26 Å². The van der Waals surface area contributed by atoms with Crippen LogP contribution in [-0.4, -0.2) is 11.4 Å². The molecule has 74 valence electrons. The van der Waals surface area contributed by atoms with Crippen molar-refractivity contribution in [1.29, 1.82) is 0 Å². The lowest BCUT2D eigenvalue weighted by Gasteiger charge is -1.82. The van der Waals surface area contributed by atoms with Crippen LogP contribution in [0.1, 0.15) is 24.3 Å². The van der Waals surface area contributed by atoms with E-state index in [9.17, 15) is 4.79 Å². The van der Waals surface area contributed by atoms with E-state index in [1.807, 2.05) is 13.8 Å². The van der Waals surface area contributed by atoms with Crippen LogP contribution in [-0.2, 0) is 0 Å². The maximum atomic E-state index is 10.2. The number of nitrogens with zero attached hydrogens (tertiary/aromatic N) is 1. The third-order valence-electron chi connectivity index (χ3n) is 1.41. The van der Waals surface area contributed by atoms with Gasteiger partial charge >= 0.3 is 0 Å². The first-order valence-corrected chi connectivity index (χ1v) is 4.36. The molecule has 2 rings (SSSR count). The number of carbonyl (C=O) groups is 1. The molecule has 2 aromatic heterocycles. The van der Waals surface area contributed by atoms with Crippen LogP contribution < -0.4 is 0 Å². The van der Waals surface area contributed by atoms with Gasteiger partial charge in [0, 0.05) is 6.07 Å². The van der Waals surface area contributed by atoms with E-state index in [1.54, 1.807) is 12.1 Å². The number of aldehydes is 1. The van der Waals surface area contributed by atoms with E-state index in [0.29, 0.717) is 17.8 Å². The van der Waals surface area contributed by atoms with E-state index >= 15 is 0 Å². The number of hydrogen-bond donors (Lipinski definition) is 0. The monoisotopic (exact) mass is 193 g/mol. The number of carbonyl (C=O) groups excluding carboxylic acids is 1. The fourth-order valence-corrected chi connectivity index (χ4v) is 0.879. The van der Waals surface area contributed by atoms with E-state index in [2.05, 4.69) is 5.16 Å². The molecule has 4 heteroatoms. The van der Waals surface area contributed by atoms with E-state index < -0.39 is 0 Å². The molecule has 0 fully saturated rings. The average molecular weight is 193 g/mol. The zero-order valence-corrected chi connectivity index (χ0v) is 8.06. The molecule has 0 atom stereocenters. The van der Waals surface area contributed by atoms with Crippen molar-refractivity contribution in [2.45, 2.75) is 13.8 Å². The van der Waals surface area contributed by atoms with Crippen molar-refractivity contribution in [3.8, 4) is 11.5 Å². The van der Waals surface area contributed by atoms with Crippen LogP contribution in [0.15, 0.2) is 33.4 Å². The Morgan fingerprint density at radius 1 is 1.36 bits per heavy atom. The number of rotatable bonds is 2. The largest absolute Gasteiger partial charge is 0.461 e. The zero-order chi connectivity index (χ0) is 10.4. The minimum Gasteiger partial charge on any atom is -0.461 e. The van der Waals surface area contributed by atoms with Crippen LogP contribution in [0.25, 0.3) is 11.5 Å². The average Bonchev–Trinajstić information content (AvgIpc) is 2.91. The van der Waals surface area contributed by atoms with Gasteiger partial charge in [-0.3, -0.25) is 4.79 Å². The number of aromatic nitrogens is 1. The summed E-state index contributed by atoms with van der Waals surface area (Å²) < 4.78 is 9.85. The predicted octanol–water partition coefficient (Wildman–Crippen LogP) is 2.77. The van der Waals surface area contributed by atoms with E-state index in [4.69, 9.17) is 8.94 Å². The van der Waals surface area contributed by atoms with Crippen LogP contribution in [0.3, 0.4) is 0 Å². The summed E-state index contributed by atoms with van der Waals surface area (Å²) >= 11 is 0. The first-order chi connectivity index (χ1) is 6.90. The van der Waals surface area contributed by atoms with E-state index in [-0.39, 0.29) is 5.69 Å². The fourth-order valence-electron chi connectivity index (χ4n) is 0.879. The van der Waals surface area contributed by atoms with Crippen LogP contribution in [0, 0.1) is 0 Å². The molecule has 0 aliphatic rings. The summed E-state index contributed by atoms with van der Waals surface area (Å²) in [4.78, 5) is 10.2. The van der Waals surface area contributed by atoms with Crippen molar-refractivity contribution >= 4 is 6.29 Å². The topological polar surface area (TPSA) is 56.2 Å². The molecule has 2 heterocycles. The Balaban J connectivity index is 0.000000461. The van der Waals surface area contributed by atoms with Gasteiger partial charge in [-0.15, -0.1) is 0 Å². The second-order valence-corrected chi connectivity index (χ2v) is 2.21. The van der Waals surface area contributed by atoms with E-state index in [0.717, 1.165) is 0 Å². The smallest absolute Gasteiger partial charge is 0.202 e. The summed E-state index contributed by atoms with van der Waals surface area (Å²) in [5.41, 5.74) is 0.265. The summed E-state index contributed by atoms with van der Waals surface area (Å²) in [5, 5.41) is 3.49. The molecule has 0 radical (unpaired) electrons. The van der Waals surface area contributed by atoms with Gasteiger partial charge in [-0.2, -0.15) is 0 Å². The van der Waals surface area contributed by atoms with Crippen molar-refractivity contribution in [2.75, 3.05) is 0 Å². The molecule has 0 unspecified atom stereocenters. The summed E-state index contributed by atoms with van der Waals surface area (Å²) in [6, 6.07) is 4.99. The standard InChI is InChI=1S/C8H5NO3.C2H6/c10-5-6-4-8(12-9-6)7-2-1-3-11-7;1-2/h1-5H;1-2H3. The van der Waals surface area contributed by atoms with Crippen LogP contribution in [0.2, 0.25) is 0 Å². The third-order valence-corrected chi connectivity index (χ3v) is 1.41. The molecule has 0 saturated heterocycles. The first kappa shape index (κ1) is 10.2. The Morgan fingerprint density at radius 2 is 2.14 bits per heavy atom. The van der Waals surface area contributed by atoms with Crippen molar-refractivity contribution in [2.24, 2.45) is 0 Å². The van der Waals surface area contributed by atoms with Crippen molar-refractivity contribution in [3.63, 3.8) is 0 Å². The van der Waals surface area contributed by atoms with Crippen LogP contribution >= 0.6 is 0 Å². The van der Waals surface area contributed by atoms with Crippen molar-refractivity contribution < 1.29 is 13.7 Å². The minimum atomic E-state index is 0.265. The fraction of sp³-hybridized carbons (Fsp3) is 0.200. The van der Waals surface area contributed by atoms with Gasteiger partial charge in [-0.1, -0.05) is 19.0 Å². The Morgan fingerprint density at radius 3 is 2.64 bits per heavy atom. The molecule has 0 aromatic carbocycles. The van der Waals surface area contributed by atoms with E-state index in [1.165, 1.54) is 12.3 Å². The van der Waals surface area contributed by atoms with Gasteiger partial charge in [0.25, 0.3) is 0 Å². The summed E-state index contributed by atoms with van der Waals surface area (Å²) in [7, 11) is 0. The van der Waals surface area contributed by atoms with Gasteiger partial charge in [-0.05, 0) is 12.1 Å². The maximum absolute atomic E-state index is 10.2. The highest BCUT2D eigenvalue weighted by Crippen LogP contribution is 2.19. The second-order valence-electron chi connectivity index (χ2n) is 2.21. The Labute approximate surface area is 81.5 Å². The molecule has 0 spiro atoms. The lowest BCUT2D eigenvalue weighted by atomic mass is 10.3. The molecule has 0 N–H and O–H groups in total. The number of furan rings is 1. The molecule has 0 aliphatic carbocycles. The first-order valence-electron chi connectivity index (χ1n) is 4.36. The molecule has 14 heavy (non-hydrogen) atoms. The molecule has 0 bridgehead atoms. The molecule has 0 aliphatic heterocycles. The van der Waals surface area contributed by atoms with Gasteiger partial charge in [0.1, 0.15) is 5.69 Å². The molecule has 2 aromatic rings. The Kier molecular flexibility index (Phi) is 3.67. The Bertz CT molecular complexity index is 376. The van der Waals surface area contributed by atoms with Gasteiger partial charge < -0.3 is 8.94 Å². The molecule has 0 saturated carbocycles. The second kappa shape index (κ2) is 5.01. The summed E-state index contributed by atoms with van der Waals surface area (Å²) in [6.45, 7) is 4.00. The maximum Gasteiger partial charge on any atom is 0.202 e. The summed E-state index contributed by atoms with van der Waals surface area (Å²) in [6.07, 6.45) is 2.15. The lowest BCUT2D eigenvalue weighted by molar-refractivity contribution is 0.111. The molecular formula is C10H11NO3. The quantitative estimate of drug-likeness (QED) is 0.688. The predicted molar refractivity (Wildman–Crippen MR) is 50.9 cm³/mol. The highest BCUT2D eigenvalue weighted by atomic mass is 16.5. The lowest BCUT2D eigenvalue weighted by Crippen LogP contribution is -1.72. The molecule has 4 nitrogen and oxygen atoms in total.